The van der Waals surface area contributed by atoms with Crippen molar-refractivity contribution in [2.24, 2.45) is 0 Å². The second-order valence-electron chi connectivity index (χ2n) is 8.49. The van der Waals surface area contributed by atoms with Gasteiger partial charge in [0.15, 0.2) is 6.29 Å². The number of ether oxygens (including phenoxy) is 2. The first-order valence-corrected chi connectivity index (χ1v) is 10.1. The van der Waals surface area contributed by atoms with Gasteiger partial charge in [0.25, 0.3) is 5.91 Å². The highest BCUT2D eigenvalue weighted by Gasteiger charge is 2.57. The van der Waals surface area contributed by atoms with Crippen molar-refractivity contribution in [2.45, 2.75) is 57.8 Å². The molecule has 0 aromatic heterocycles. The van der Waals surface area contributed by atoms with Crippen LogP contribution in [0.4, 0.5) is 10.1 Å². The number of hydrogen-bond donors (Lipinski definition) is 0. The number of nitrogens with zero attached hydrogens (tertiary/aromatic N) is 1. The molecule has 30 heavy (non-hydrogen) atoms. The number of fused-ring (bicyclic) bond motifs is 1. The van der Waals surface area contributed by atoms with E-state index in [4.69, 9.17) is 19.2 Å². The number of amides is 1. The monoisotopic (exact) mass is 415 g/mol. The number of rotatable bonds is 6. The Bertz CT molecular complexity index is 908. The molecule has 0 radical (unpaired) electrons. The molecule has 0 aliphatic carbocycles. The number of carbonyl (C=O) groups excluding carboxylic acids is 1. The molecule has 2 aliphatic heterocycles. The molecule has 1 amide bonds. The predicted octanol–water partition coefficient (Wildman–Crippen LogP) is 4.43. The topological polar surface area (TPSA) is 57.2 Å². The number of carbonyl (C=O) groups is 1. The number of halogens is 1. The summed E-state index contributed by atoms with van der Waals surface area (Å²) in [7, 11) is 0. The fraction of sp³-hybridized carbons (Fsp3) is 0.435. The van der Waals surface area contributed by atoms with Crippen LogP contribution in [0.15, 0.2) is 48.5 Å². The highest BCUT2D eigenvalue weighted by Crippen LogP contribution is 2.46. The van der Waals surface area contributed by atoms with E-state index >= 15 is 0 Å². The minimum Gasteiger partial charge on any atom is -0.352 e. The van der Waals surface area contributed by atoms with E-state index in [1.807, 2.05) is 30.3 Å². The fourth-order valence-corrected chi connectivity index (χ4v) is 3.56. The standard InChI is InChI=1S/C23H26FNO5/c1-22(2,3)29-30-23(28-20-10-7-13-27-20)18-14-17(24)11-12-19(18)25(21(23)26)15-16-8-5-4-6-9-16/h4-6,8-9,11-12,14,20H,7,10,13,15H2,1-3H3. The Labute approximate surface area is 175 Å². The first-order chi connectivity index (χ1) is 14.3. The molecule has 160 valence electrons. The highest BCUT2D eigenvalue weighted by atomic mass is 19.1. The summed E-state index contributed by atoms with van der Waals surface area (Å²) in [6.45, 7) is 6.19. The third-order valence-electron chi connectivity index (χ3n) is 4.91. The van der Waals surface area contributed by atoms with E-state index in [1.54, 1.807) is 26.8 Å². The molecule has 0 N–H and O–H groups in total. The Kier molecular flexibility index (Phi) is 5.63. The molecule has 2 aliphatic rings. The molecule has 6 nitrogen and oxygen atoms in total. The Morgan fingerprint density at radius 2 is 1.97 bits per heavy atom. The summed E-state index contributed by atoms with van der Waals surface area (Å²) in [6.07, 6.45) is 0.765. The molecule has 4 rings (SSSR count). The third-order valence-corrected chi connectivity index (χ3v) is 4.91. The van der Waals surface area contributed by atoms with Crippen LogP contribution in [0.25, 0.3) is 0 Å². The van der Waals surface area contributed by atoms with E-state index in [0.717, 1.165) is 12.0 Å². The quantitative estimate of drug-likeness (QED) is 0.397. The van der Waals surface area contributed by atoms with Gasteiger partial charge in [0.05, 0.1) is 23.4 Å². The zero-order valence-electron chi connectivity index (χ0n) is 17.4. The van der Waals surface area contributed by atoms with Crippen LogP contribution in [0.5, 0.6) is 0 Å². The first-order valence-electron chi connectivity index (χ1n) is 10.1. The molecule has 1 saturated heterocycles. The number of benzene rings is 2. The van der Waals surface area contributed by atoms with Gasteiger partial charge >= 0.3 is 5.79 Å². The average molecular weight is 415 g/mol. The van der Waals surface area contributed by atoms with Gasteiger partial charge in [-0.25, -0.2) is 9.28 Å². The smallest absolute Gasteiger partial charge is 0.312 e. The second kappa shape index (κ2) is 8.07. The second-order valence-corrected chi connectivity index (χ2v) is 8.49. The Hall–Kier alpha value is -2.32. The zero-order chi connectivity index (χ0) is 21.4. The molecule has 2 aromatic carbocycles. The SMILES string of the molecule is CC(C)(C)OOC1(OC2CCCO2)C(=O)N(Cc2ccccc2)c2ccc(F)cc21. The maximum Gasteiger partial charge on any atom is 0.312 e. The summed E-state index contributed by atoms with van der Waals surface area (Å²) < 4.78 is 25.9. The van der Waals surface area contributed by atoms with Crippen LogP contribution in [-0.4, -0.2) is 24.4 Å². The molecule has 0 saturated carbocycles. The minimum atomic E-state index is -1.95. The molecule has 2 unspecified atom stereocenters. The lowest BCUT2D eigenvalue weighted by molar-refractivity contribution is -0.463. The lowest BCUT2D eigenvalue weighted by Gasteiger charge is -2.32. The average Bonchev–Trinajstić information content (AvgIpc) is 3.28. The van der Waals surface area contributed by atoms with Crippen LogP contribution in [0.3, 0.4) is 0 Å². The van der Waals surface area contributed by atoms with Crippen LogP contribution < -0.4 is 4.90 Å². The molecule has 0 bridgehead atoms. The van der Waals surface area contributed by atoms with Crippen molar-refractivity contribution in [1.82, 2.24) is 0 Å². The summed E-state index contributed by atoms with van der Waals surface area (Å²) in [5.41, 5.74) is 0.989. The molecular formula is C23H26FNO5. The lowest BCUT2D eigenvalue weighted by Crippen LogP contribution is -2.47. The van der Waals surface area contributed by atoms with E-state index in [0.29, 0.717) is 18.7 Å². The predicted molar refractivity (Wildman–Crippen MR) is 108 cm³/mol. The van der Waals surface area contributed by atoms with Crippen molar-refractivity contribution >= 4 is 11.6 Å². The maximum atomic E-state index is 14.3. The van der Waals surface area contributed by atoms with E-state index < -0.39 is 29.4 Å². The van der Waals surface area contributed by atoms with Crippen LogP contribution in [0, 0.1) is 5.82 Å². The zero-order valence-corrected chi connectivity index (χ0v) is 17.4. The summed E-state index contributed by atoms with van der Waals surface area (Å²) in [6, 6.07) is 13.7. The molecule has 2 heterocycles. The molecule has 2 aromatic rings. The molecule has 0 spiro atoms. The summed E-state index contributed by atoms with van der Waals surface area (Å²) in [5, 5.41) is 0. The minimum absolute atomic E-state index is 0.267. The van der Waals surface area contributed by atoms with Crippen molar-refractivity contribution in [3.05, 3.63) is 65.5 Å². The summed E-state index contributed by atoms with van der Waals surface area (Å²) in [5.74, 6) is -2.93. The number of anilines is 1. The van der Waals surface area contributed by atoms with Gasteiger partial charge in [0.1, 0.15) is 5.82 Å². The molecule has 7 heteroatoms. The fourth-order valence-electron chi connectivity index (χ4n) is 3.56. The molecule has 1 fully saturated rings. The van der Waals surface area contributed by atoms with Crippen LogP contribution in [0.2, 0.25) is 0 Å². The maximum absolute atomic E-state index is 14.3. The lowest BCUT2D eigenvalue weighted by atomic mass is 10.1. The van der Waals surface area contributed by atoms with Crippen LogP contribution in [-0.2, 0) is 36.4 Å². The summed E-state index contributed by atoms with van der Waals surface area (Å²) in [4.78, 5) is 26.5. The van der Waals surface area contributed by atoms with Gasteiger partial charge in [0, 0.05) is 13.0 Å². The molecular weight excluding hydrogens is 389 g/mol. The van der Waals surface area contributed by atoms with Crippen molar-refractivity contribution < 1.29 is 28.4 Å². The highest BCUT2D eigenvalue weighted by molar-refractivity contribution is 6.06. The third kappa shape index (κ3) is 4.11. The van der Waals surface area contributed by atoms with Gasteiger partial charge in [-0.2, -0.15) is 4.89 Å². The number of hydrogen-bond acceptors (Lipinski definition) is 5. The van der Waals surface area contributed by atoms with Gasteiger partial charge in [-0.3, -0.25) is 4.79 Å². The van der Waals surface area contributed by atoms with Crippen molar-refractivity contribution in [2.75, 3.05) is 11.5 Å². The Morgan fingerprint density at radius 1 is 1.20 bits per heavy atom. The normalized spacial score (nSPS) is 23.8. The van der Waals surface area contributed by atoms with Gasteiger partial charge in [-0.15, -0.1) is 0 Å². The van der Waals surface area contributed by atoms with Crippen LogP contribution in [0.1, 0.15) is 44.7 Å². The van der Waals surface area contributed by atoms with Gasteiger partial charge < -0.3 is 14.4 Å². The summed E-state index contributed by atoms with van der Waals surface area (Å²) >= 11 is 0. The van der Waals surface area contributed by atoms with Crippen molar-refractivity contribution in [1.29, 1.82) is 0 Å². The van der Waals surface area contributed by atoms with Crippen molar-refractivity contribution in [3.63, 3.8) is 0 Å². The molecule has 2 atom stereocenters. The Balaban J connectivity index is 1.77. The van der Waals surface area contributed by atoms with E-state index in [9.17, 15) is 9.18 Å². The van der Waals surface area contributed by atoms with Crippen LogP contribution >= 0.6 is 0 Å². The largest absolute Gasteiger partial charge is 0.352 e. The van der Waals surface area contributed by atoms with E-state index in [2.05, 4.69) is 0 Å². The Morgan fingerprint density at radius 3 is 2.63 bits per heavy atom. The first kappa shape index (κ1) is 20.9. The van der Waals surface area contributed by atoms with Gasteiger partial charge in [0.2, 0.25) is 0 Å². The van der Waals surface area contributed by atoms with Gasteiger partial charge in [-0.1, -0.05) is 30.3 Å². The van der Waals surface area contributed by atoms with E-state index in [-0.39, 0.29) is 12.1 Å². The van der Waals surface area contributed by atoms with Crippen molar-refractivity contribution in [3.8, 4) is 0 Å². The van der Waals surface area contributed by atoms with Gasteiger partial charge in [-0.05, 0) is 51.0 Å². The van der Waals surface area contributed by atoms with E-state index in [1.165, 1.54) is 17.0 Å².